The van der Waals surface area contributed by atoms with Crippen LogP contribution in [0.2, 0.25) is 0 Å². The van der Waals surface area contributed by atoms with Gasteiger partial charge in [0.2, 0.25) is 0 Å². The Balaban J connectivity index is 0.00000182. The van der Waals surface area contributed by atoms with E-state index in [4.69, 9.17) is 0 Å². The Hall–Kier alpha value is -2.36. The van der Waals surface area contributed by atoms with Crippen molar-refractivity contribution in [2.24, 2.45) is 0 Å². The highest BCUT2D eigenvalue weighted by Crippen LogP contribution is 2.29. The van der Waals surface area contributed by atoms with E-state index in [1.165, 1.54) is 27.4 Å². The molecule has 0 saturated heterocycles. The predicted molar refractivity (Wildman–Crippen MR) is 98.7 cm³/mol. The average molecular weight is 352 g/mol. The van der Waals surface area contributed by atoms with Gasteiger partial charge in [-0.2, -0.15) is 0 Å². The van der Waals surface area contributed by atoms with Crippen LogP contribution in [0.1, 0.15) is 18.2 Å². The van der Waals surface area contributed by atoms with Crippen LogP contribution >= 0.6 is 0 Å². The largest absolute Gasteiger partial charge is 1.00 e. The van der Waals surface area contributed by atoms with Crippen molar-refractivity contribution in [2.75, 3.05) is 0 Å². The van der Waals surface area contributed by atoms with E-state index in [1.807, 2.05) is 18.3 Å². The number of hydrogen-bond donors (Lipinski definition) is 1. The van der Waals surface area contributed by atoms with E-state index in [0.717, 1.165) is 25.3 Å². The van der Waals surface area contributed by atoms with Gasteiger partial charge in [0.1, 0.15) is 13.1 Å². The number of rotatable bonds is 5. The summed E-state index contributed by atoms with van der Waals surface area (Å²) in [5.74, 6) is 0. The molecule has 2 aromatic carbocycles. The third kappa shape index (κ3) is 3.39. The van der Waals surface area contributed by atoms with Crippen LogP contribution in [-0.2, 0) is 19.6 Å². The van der Waals surface area contributed by atoms with Crippen LogP contribution in [0.3, 0.4) is 0 Å². The number of nitrogens with zero attached hydrogens (tertiary/aromatic N) is 2. The van der Waals surface area contributed by atoms with Crippen molar-refractivity contribution >= 4 is 21.8 Å². The van der Waals surface area contributed by atoms with E-state index in [9.17, 15) is 0 Å². The van der Waals surface area contributed by atoms with Gasteiger partial charge in [-0.1, -0.05) is 30.3 Å². The van der Waals surface area contributed by atoms with E-state index < -0.39 is 0 Å². The van der Waals surface area contributed by atoms with Gasteiger partial charge >= 0.3 is 0 Å². The maximum atomic E-state index is 4.38. The Morgan fingerprint density at radius 1 is 0.880 bits per heavy atom. The topological polar surface area (TPSA) is 34.4 Å². The Kier molecular flexibility index (Phi) is 5.37. The second-order valence-corrected chi connectivity index (χ2v) is 6.13. The molecule has 0 aliphatic carbocycles. The molecule has 2 heterocycles. The lowest BCUT2D eigenvalue weighted by Gasteiger charge is -2.04. The fourth-order valence-corrected chi connectivity index (χ4v) is 3.47. The van der Waals surface area contributed by atoms with E-state index >= 15 is 0 Å². The number of benzene rings is 2. The first-order valence-corrected chi connectivity index (χ1v) is 8.58. The number of pyridine rings is 1. The zero-order chi connectivity index (χ0) is 16.4. The summed E-state index contributed by atoms with van der Waals surface area (Å²) in [6.07, 6.45) is 1.86. The Morgan fingerprint density at radius 2 is 1.68 bits per heavy atom. The summed E-state index contributed by atoms with van der Waals surface area (Å²) >= 11 is 0. The van der Waals surface area contributed by atoms with E-state index in [-0.39, 0.29) is 12.4 Å². The maximum Gasteiger partial charge on any atom is 0.119 e. The monoisotopic (exact) mass is 351 g/mol. The number of aromatic nitrogens is 2. The summed E-state index contributed by atoms with van der Waals surface area (Å²) in [7, 11) is 0. The number of hydrogen-bond acceptors (Lipinski definition) is 1. The molecule has 4 heteroatoms. The SMILES string of the molecule is CCn1c2ccccc2c2cc(C[NH2+]Cc3ccccn3)ccc21.[Cl-]. The molecule has 0 bridgehead atoms. The van der Waals surface area contributed by atoms with Crippen molar-refractivity contribution in [1.29, 1.82) is 0 Å². The van der Waals surface area contributed by atoms with Gasteiger partial charge in [-0.25, -0.2) is 0 Å². The Labute approximate surface area is 154 Å². The molecule has 2 aromatic heterocycles. The Bertz CT molecular complexity index is 976. The van der Waals surface area contributed by atoms with Crippen LogP contribution in [-0.4, -0.2) is 9.55 Å². The van der Waals surface area contributed by atoms with Crippen molar-refractivity contribution in [3.8, 4) is 0 Å². The van der Waals surface area contributed by atoms with Crippen molar-refractivity contribution in [1.82, 2.24) is 9.55 Å². The van der Waals surface area contributed by atoms with Crippen molar-refractivity contribution in [3.05, 3.63) is 78.1 Å². The van der Waals surface area contributed by atoms with Crippen molar-refractivity contribution < 1.29 is 17.7 Å². The van der Waals surface area contributed by atoms with Crippen molar-refractivity contribution in [2.45, 2.75) is 26.6 Å². The molecule has 0 spiro atoms. The van der Waals surface area contributed by atoms with Crippen LogP contribution in [0.4, 0.5) is 0 Å². The molecular formula is C21H22ClN3. The number of aryl methyl sites for hydroxylation is 1. The van der Waals surface area contributed by atoms with Crippen LogP contribution in [0.5, 0.6) is 0 Å². The first-order valence-electron chi connectivity index (χ1n) is 8.58. The number of halogens is 1. The lowest BCUT2D eigenvalue weighted by atomic mass is 10.1. The number of para-hydroxylation sites is 1. The van der Waals surface area contributed by atoms with Gasteiger partial charge in [0, 0.05) is 40.1 Å². The van der Waals surface area contributed by atoms with Crippen molar-refractivity contribution in [3.63, 3.8) is 0 Å². The fourth-order valence-electron chi connectivity index (χ4n) is 3.47. The highest BCUT2D eigenvalue weighted by Gasteiger charge is 2.10. The second kappa shape index (κ2) is 7.68. The summed E-state index contributed by atoms with van der Waals surface area (Å²) < 4.78 is 2.39. The standard InChI is InChI=1S/C21H21N3.ClH/c1-2-24-20-9-4-3-8-18(20)19-13-16(10-11-21(19)24)14-22-15-17-7-5-6-12-23-17;/h3-13,22H,2,14-15H2,1H3;1H. The molecule has 128 valence electrons. The fraction of sp³-hybridized carbons (Fsp3) is 0.190. The smallest absolute Gasteiger partial charge is 0.119 e. The minimum Gasteiger partial charge on any atom is -1.00 e. The first-order chi connectivity index (χ1) is 11.9. The van der Waals surface area contributed by atoms with Gasteiger partial charge < -0.3 is 22.3 Å². The summed E-state index contributed by atoms with van der Waals surface area (Å²) in [4.78, 5) is 4.38. The summed E-state index contributed by atoms with van der Waals surface area (Å²) in [5, 5.41) is 5.01. The predicted octanol–water partition coefficient (Wildman–Crippen LogP) is 0.477. The molecule has 0 aliphatic heterocycles. The second-order valence-electron chi connectivity index (χ2n) is 6.13. The van der Waals surface area contributed by atoms with Crippen LogP contribution < -0.4 is 17.7 Å². The van der Waals surface area contributed by atoms with Gasteiger partial charge in [0.15, 0.2) is 0 Å². The molecule has 0 aliphatic rings. The Morgan fingerprint density at radius 3 is 2.48 bits per heavy atom. The van der Waals surface area contributed by atoms with Crippen LogP contribution in [0, 0.1) is 0 Å². The molecule has 4 aromatic rings. The highest BCUT2D eigenvalue weighted by atomic mass is 35.5. The summed E-state index contributed by atoms with van der Waals surface area (Å²) in [6.45, 7) is 5.09. The molecule has 25 heavy (non-hydrogen) atoms. The first kappa shape index (κ1) is 17.5. The third-order valence-corrected chi connectivity index (χ3v) is 4.61. The maximum absolute atomic E-state index is 4.38. The summed E-state index contributed by atoms with van der Waals surface area (Å²) in [5.41, 5.74) is 5.13. The van der Waals surface area contributed by atoms with Gasteiger partial charge in [-0.3, -0.25) is 4.98 Å². The molecule has 0 unspecified atom stereocenters. The molecule has 0 atom stereocenters. The quantitative estimate of drug-likeness (QED) is 0.557. The minimum atomic E-state index is 0. The molecule has 0 amide bonds. The van der Waals surface area contributed by atoms with Gasteiger partial charge in [-0.05, 0) is 37.3 Å². The molecular weight excluding hydrogens is 330 g/mol. The van der Waals surface area contributed by atoms with E-state index in [2.05, 4.69) is 70.3 Å². The summed E-state index contributed by atoms with van der Waals surface area (Å²) in [6, 6.07) is 21.6. The minimum absolute atomic E-state index is 0. The van der Waals surface area contributed by atoms with E-state index in [0.29, 0.717) is 0 Å². The number of quaternary nitrogens is 1. The molecule has 0 saturated carbocycles. The molecule has 0 fully saturated rings. The lowest BCUT2D eigenvalue weighted by Crippen LogP contribution is -3.00. The lowest BCUT2D eigenvalue weighted by molar-refractivity contribution is -0.686. The van der Waals surface area contributed by atoms with Gasteiger partial charge in [0.05, 0.1) is 5.69 Å². The van der Waals surface area contributed by atoms with E-state index in [1.54, 1.807) is 0 Å². The van der Waals surface area contributed by atoms with Gasteiger partial charge in [0.25, 0.3) is 0 Å². The molecule has 2 N–H and O–H groups in total. The zero-order valence-electron chi connectivity index (χ0n) is 14.3. The third-order valence-electron chi connectivity index (χ3n) is 4.61. The highest BCUT2D eigenvalue weighted by molar-refractivity contribution is 6.08. The van der Waals surface area contributed by atoms with Crippen LogP contribution in [0.25, 0.3) is 21.8 Å². The number of fused-ring (bicyclic) bond motifs is 3. The average Bonchev–Trinajstić information content (AvgIpc) is 2.96. The zero-order valence-corrected chi connectivity index (χ0v) is 15.1. The van der Waals surface area contributed by atoms with Crippen LogP contribution in [0.15, 0.2) is 66.9 Å². The molecule has 3 nitrogen and oxygen atoms in total. The van der Waals surface area contributed by atoms with Gasteiger partial charge in [-0.15, -0.1) is 0 Å². The molecule has 0 radical (unpaired) electrons. The molecule has 4 rings (SSSR count). The number of nitrogens with two attached hydrogens (primary N) is 1. The normalized spacial score (nSPS) is 10.9.